The molecule has 1 aromatic heterocycles. The van der Waals surface area contributed by atoms with Crippen LogP contribution in [0.15, 0.2) is 64.5 Å². The Kier molecular flexibility index (Phi) is 6.73. The number of para-hydroxylation sites is 1. The average molecular weight is 438 g/mol. The number of nitrogens with zero attached hydrogens (tertiary/aromatic N) is 3. The predicted molar refractivity (Wildman–Crippen MR) is 123 cm³/mol. The molecule has 1 fully saturated rings. The average Bonchev–Trinajstić information content (AvgIpc) is 3.33. The molecule has 6 nitrogen and oxygen atoms in total. The molecule has 2 atom stereocenters. The molecule has 1 aliphatic heterocycles. The molecular formula is C24H27N3O3S. The summed E-state index contributed by atoms with van der Waals surface area (Å²) < 4.78 is 7.00. The van der Waals surface area contributed by atoms with Crippen molar-refractivity contribution in [1.29, 1.82) is 0 Å². The molecule has 3 aromatic rings. The number of hydrogen-bond acceptors (Lipinski definition) is 5. The zero-order chi connectivity index (χ0) is 21.8. The van der Waals surface area contributed by atoms with Crippen LogP contribution in [-0.4, -0.2) is 47.2 Å². The van der Waals surface area contributed by atoms with E-state index in [1.54, 1.807) is 17.7 Å². The summed E-state index contributed by atoms with van der Waals surface area (Å²) in [6, 6.07) is 16.9. The first-order chi connectivity index (χ1) is 15.1. The molecule has 0 unspecified atom stereocenters. The molecule has 0 bridgehead atoms. The number of methoxy groups -OCH3 is 1. The molecule has 0 saturated carbocycles. The summed E-state index contributed by atoms with van der Waals surface area (Å²) in [6.45, 7) is 3.87. The number of carbonyl (C=O) groups is 1. The molecule has 0 aliphatic carbocycles. The number of fused-ring (bicyclic) bond motifs is 1. The van der Waals surface area contributed by atoms with Gasteiger partial charge in [-0.25, -0.2) is 4.98 Å². The highest BCUT2D eigenvalue weighted by molar-refractivity contribution is 8.00. The van der Waals surface area contributed by atoms with E-state index in [1.807, 2.05) is 60.4 Å². The minimum absolute atomic E-state index is 0.0713. The van der Waals surface area contributed by atoms with Crippen LogP contribution in [0.4, 0.5) is 0 Å². The molecule has 1 amide bonds. The summed E-state index contributed by atoms with van der Waals surface area (Å²) >= 11 is 1.35. The smallest absolute Gasteiger partial charge is 0.262 e. The van der Waals surface area contributed by atoms with E-state index in [-0.39, 0.29) is 17.5 Å². The number of hydrogen-bond donors (Lipinski definition) is 0. The molecule has 162 valence electrons. The summed E-state index contributed by atoms with van der Waals surface area (Å²) in [4.78, 5) is 33.6. The molecule has 1 aliphatic rings. The monoisotopic (exact) mass is 437 g/mol. The predicted octanol–water partition coefficient (Wildman–Crippen LogP) is 4.06. The molecule has 31 heavy (non-hydrogen) atoms. The number of aromatic nitrogens is 2. The Morgan fingerprint density at radius 2 is 1.77 bits per heavy atom. The van der Waals surface area contributed by atoms with Crippen LogP contribution in [-0.2, 0) is 9.53 Å². The summed E-state index contributed by atoms with van der Waals surface area (Å²) in [5, 5.41) is 0.639. The van der Waals surface area contributed by atoms with E-state index in [9.17, 15) is 9.59 Å². The highest BCUT2D eigenvalue weighted by Gasteiger charge is 2.31. The van der Waals surface area contributed by atoms with Crippen molar-refractivity contribution in [1.82, 2.24) is 14.5 Å². The first kappa shape index (κ1) is 21.6. The second kappa shape index (κ2) is 9.66. The number of thioether (sulfide) groups is 1. The lowest BCUT2D eigenvalue weighted by Gasteiger charge is -2.25. The van der Waals surface area contributed by atoms with Crippen molar-refractivity contribution in [3.05, 3.63) is 70.5 Å². The number of likely N-dealkylation sites (tertiary alicyclic amines) is 1. The third-order valence-corrected chi connectivity index (χ3v) is 6.80. The van der Waals surface area contributed by atoms with E-state index >= 15 is 0 Å². The molecular weight excluding hydrogens is 410 g/mol. The molecule has 2 aromatic carbocycles. The van der Waals surface area contributed by atoms with Gasteiger partial charge in [-0.05, 0) is 37.5 Å². The van der Waals surface area contributed by atoms with Gasteiger partial charge in [0.1, 0.15) is 5.25 Å². The number of carbonyl (C=O) groups excluding carboxylic acids is 1. The molecule has 1 saturated heterocycles. The van der Waals surface area contributed by atoms with E-state index in [4.69, 9.17) is 9.72 Å². The largest absolute Gasteiger partial charge is 0.383 e. The Morgan fingerprint density at radius 3 is 2.48 bits per heavy atom. The normalized spacial score (nSPS) is 15.9. The summed E-state index contributed by atoms with van der Waals surface area (Å²) in [7, 11) is 1.62. The van der Waals surface area contributed by atoms with E-state index in [2.05, 4.69) is 0 Å². The van der Waals surface area contributed by atoms with Crippen molar-refractivity contribution in [2.24, 2.45) is 0 Å². The van der Waals surface area contributed by atoms with Gasteiger partial charge >= 0.3 is 0 Å². The van der Waals surface area contributed by atoms with E-state index < -0.39 is 5.25 Å². The lowest BCUT2D eigenvalue weighted by atomic mass is 10.1. The molecule has 0 N–H and O–H groups in total. The number of ether oxygens (including phenoxy) is 1. The minimum atomic E-state index is -0.464. The SMILES string of the molecule is COC[C@H](C)n1c(S[C@@H](C(=O)N2CCCC2)c2ccccc2)nc2ccccc2c1=O. The van der Waals surface area contributed by atoms with Gasteiger partial charge in [0.25, 0.3) is 5.56 Å². The first-order valence-electron chi connectivity index (χ1n) is 10.6. The van der Waals surface area contributed by atoms with Crippen LogP contribution in [0.5, 0.6) is 0 Å². The maximum Gasteiger partial charge on any atom is 0.262 e. The van der Waals surface area contributed by atoms with Crippen LogP contribution >= 0.6 is 11.8 Å². The molecule has 7 heteroatoms. The number of amides is 1. The van der Waals surface area contributed by atoms with Gasteiger partial charge in [-0.1, -0.05) is 54.2 Å². The summed E-state index contributed by atoms with van der Waals surface area (Å²) in [5.41, 5.74) is 1.44. The van der Waals surface area contributed by atoms with Gasteiger partial charge < -0.3 is 9.64 Å². The third-order valence-electron chi connectivity index (χ3n) is 5.59. The molecule has 4 rings (SSSR count). The van der Waals surface area contributed by atoms with Crippen LogP contribution < -0.4 is 5.56 Å². The topological polar surface area (TPSA) is 64.4 Å². The van der Waals surface area contributed by atoms with E-state index in [1.165, 1.54) is 11.8 Å². The van der Waals surface area contributed by atoms with Crippen molar-refractivity contribution < 1.29 is 9.53 Å². The fourth-order valence-corrected chi connectivity index (χ4v) is 5.29. The zero-order valence-corrected chi connectivity index (χ0v) is 18.7. The fraction of sp³-hybridized carbons (Fsp3) is 0.375. The Labute approximate surface area is 186 Å². The summed E-state index contributed by atoms with van der Waals surface area (Å²) in [5.74, 6) is 0.0713. The highest BCUT2D eigenvalue weighted by atomic mass is 32.2. The number of rotatable bonds is 7. The number of benzene rings is 2. The highest BCUT2D eigenvalue weighted by Crippen LogP contribution is 2.37. The fourth-order valence-electron chi connectivity index (χ4n) is 4.01. The van der Waals surface area contributed by atoms with Gasteiger partial charge in [0, 0.05) is 20.2 Å². The Morgan fingerprint density at radius 1 is 1.10 bits per heavy atom. The van der Waals surface area contributed by atoms with Gasteiger partial charge in [0.15, 0.2) is 5.16 Å². The van der Waals surface area contributed by atoms with Gasteiger partial charge in [0.05, 0.1) is 23.6 Å². The van der Waals surface area contributed by atoms with Crippen molar-refractivity contribution in [3.63, 3.8) is 0 Å². The van der Waals surface area contributed by atoms with Crippen molar-refractivity contribution in [3.8, 4) is 0 Å². The Bertz CT molecular complexity index is 1110. The van der Waals surface area contributed by atoms with E-state index in [0.717, 1.165) is 31.5 Å². The lowest BCUT2D eigenvalue weighted by Crippen LogP contribution is -2.33. The standard InChI is InChI=1S/C24H27N3O3S/c1-17(16-30-2)27-22(28)19-12-6-7-13-20(19)25-24(27)31-21(18-10-4-3-5-11-18)23(29)26-14-8-9-15-26/h3-7,10-13,17,21H,8-9,14-16H2,1-2H3/t17-,21+/m0/s1. The van der Waals surface area contributed by atoms with E-state index in [0.29, 0.717) is 22.7 Å². The maximum atomic E-state index is 13.5. The molecule has 0 radical (unpaired) electrons. The van der Waals surface area contributed by atoms with Crippen LogP contribution in [0.2, 0.25) is 0 Å². The van der Waals surface area contributed by atoms with Gasteiger partial charge in [-0.15, -0.1) is 0 Å². The zero-order valence-electron chi connectivity index (χ0n) is 17.9. The van der Waals surface area contributed by atoms with Crippen LogP contribution in [0.1, 0.15) is 36.6 Å². The van der Waals surface area contributed by atoms with Gasteiger partial charge in [-0.2, -0.15) is 0 Å². The second-order valence-corrected chi connectivity index (χ2v) is 8.90. The van der Waals surface area contributed by atoms with Crippen molar-refractivity contribution in [2.75, 3.05) is 26.8 Å². The Hall–Kier alpha value is -2.64. The Balaban J connectivity index is 1.82. The van der Waals surface area contributed by atoms with Crippen LogP contribution in [0.3, 0.4) is 0 Å². The lowest BCUT2D eigenvalue weighted by molar-refractivity contribution is -0.129. The molecule has 2 heterocycles. The minimum Gasteiger partial charge on any atom is -0.383 e. The third kappa shape index (κ3) is 4.52. The summed E-state index contributed by atoms with van der Waals surface area (Å²) in [6.07, 6.45) is 2.06. The van der Waals surface area contributed by atoms with Crippen molar-refractivity contribution >= 4 is 28.6 Å². The van der Waals surface area contributed by atoms with Gasteiger partial charge in [0.2, 0.25) is 5.91 Å². The van der Waals surface area contributed by atoms with Crippen molar-refractivity contribution in [2.45, 2.75) is 36.2 Å². The second-order valence-electron chi connectivity index (χ2n) is 7.83. The first-order valence-corrected chi connectivity index (χ1v) is 11.5. The quantitative estimate of drug-likeness (QED) is 0.412. The van der Waals surface area contributed by atoms with Gasteiger partial charge in [-0.3, -0.25) is 14.2 Å². The molecule has 0 spiro atoms. The van der Waals surface area contributed by atoms with Crippen LogP contribution in [0.25, 0.3) is 10.9 Å². The maximum absolute atomic E-state index is 13.5. The van der Waals surface area contributed by atoms with Crippen LogP contribution in [0, 0.1) is 0 Å².